The molecule has 152 valence electrons. The van der Waals surface area contributed by atoms with Crippen molar-refractivity contribution in [3.05, 3.63) is 59.2 Å². The van der Waals surface area contributed by atoms with Crippen molar-refractivity contribution in [3.8, 4) is 5.75 Å². The molecule has 9 heteroatoms. The lowest BCUT2D eigenvalue weighted by molar-refractivity contribution is -0.143. The zero-order valence-corrected chi connectivity index (χ0v) is 14.9. The smallest absolute Gasteiger partial charge is 0.416 e. The molecule has 0 saturated carbocycles. The van der Waals surface area contributed by atoms with Crippen LogP contribution >= 0.6 is 0 Å². The molecule has 3 nitrogen and oxygen atoms in total. The van der Waals surface area contributed by atoms with E-state index in [0.717, 1.165) is 5.56 Å². The van der Waals surface area contributed by atoms with Gasteiger partial charge in [0.15, 0.2) is 6.61 Å². The topological polar surface area (TPSA) is 38.3 Å². The molecule has 0 fully saturated rings. The molecule has 28 heavy (non-hydrogen) atoms. The molecule has 0 spiro atoms. The molecule has 0 aliphatic carbocycles. The van der Waals surface area contributed by atoms with Gasteiger partial charge in [-0.05, 0) is 41.8 Å². The largest absolute Gasteiger partial charge is 0.484 e. The number of benzene rings is 2. The minimum atomic E-state index is -4.99. The summed E-state index contributed by atoms with van der Waals surface area (Å²) in [5, 5.41) is 2.00. The van der Waals surface area contributed by atoms with E-state index in [0.29, 0.717) is 23.8 Å². The van der Waals surface area contributed by atoms with Crippen LogP contribution < -0.4 is 10.1 Å². The van der Waals surface area contributed by atoms with Gasteiger partial charge in [-0.25, -0.2) is 0 Å². The summed E-state index contributed by atoms with van der Waals surface area (Å²) in [5.41, 5.74) is -2.60. The van der Waals surface area contributed by atoms with Gasteiger partial charge in [0.2, 0.25) is 0 Å². The molecule has 0 radical (unpaired) electrons. The Morgan fingerprint density at radius 3 is 1.86 bits per heavy atom. The second kappa shape index (κ2) is 8.12. The number of ether oxygens (including phenoxy) is 1. The van der Waals surface area contributed by atoms with Crippen LogP contribution in [0.5, 0.6) is 5.75 Å². The van der Waals surface area contributed by atoms with Gasteiger partial charge < -0.3 is 10.1 Å². The predicted octanol–water partition coefficient (Wildman–Crippen LogP) is 5.87. The van der Waals surface area contributed by atoms with E-state index in [4.69, 9.17) is 4.74 Å². The number of anilines is 1. The Bertz CT molecular complexity index is 794. The van der Waals surface area contributed by atoms with Crippen LogP contribution in [-0.4, -0.2) is 12.5 Å². The van der Waals surface area contributed by atoms with E-state index in [1.807, 2.05) is 19.2 Å². The number of nitrogens with one attached hydrogen (secondary N) is 1. The molecule has 2 aromatic rings. The molecule has 0 atom stereocenters. The van der Waals surface area contributed by atoms with Crippen LogP contribution in [-0.2, 0) is 17.1 Å². The Labute approximate surface area is 157 Å². The average molecular weight is 405 g/mol. The summed E-state index contributed by atoms with van der Waals surface area (Å²) in [5.74, 6) is -0.249. The molecule has 0 bridgehead atoms. The van der Waals surface area contributed by atoms with Gasteiger partial charge in [-0.1, -0.05) is 26.0 Å². The number of carbonyl (C=O) groups is 1. The first-order valence-corrected chi connectivity index (χ1v) is 8.18. The molecule has 0 aliphatic rings. The normalized spacial score (nSPS) is 12.2. The van der Waals surface area contributed by atoms with Gasteiger partial charge in [-0.2, -0.15) is 26.3 Å². The van der Waals surface area contributed by atoms with Crippen LogP contribution in [0.15, 0.2) is 42.5 Å². The maximum absolute atomic E-state index is 12.8. The molecule has 0 saturated heterocycles. The second-order valence-electron chi connectivity index (χ2n) is 6.36. The highest BCUT2D eigenvalue weighted by Crippen LogP contribution is 2.37. The molecule has 1 amide bonds. The lowest BCUT2D eigenvalue weighted by atomic mass is 10.0. The Kier molecular flexibility index (Phi) is 6.26. The van der Waals surface area contributed by atoms with Gasteiger partial charge in [-0.15, -0.1) is 0 Å². The summed E-state index contributed by atoms with van der Waals surface area (Å²) >= 11 is 0. The van der Waals surface area contributed by atoms with Crippen molar-refractivity contribution in [2.24, 2.45) is 0 Å². The first kappa shape index (κ1) is 21.6. The van der Waals surface area contributed by atoms with E-state index in [1.165, 1.54) is 0 Å². The van der Waals surface area contributed by atoms with E-state index in [1.54, 1.807) is 24.3 Å². The summed E-state index contributed by atoms with van der Waals surface area (Å²) < 4.78 is 82.2. The number of carbonyl (C=O) groups excluding carboxylic acids is 1. The molecule has 0 unspecified atom stereocenters. The molecule has 1 N–H and O–H groups in total. The van der Waals surface area contributed by atoms with Gasteiger partial charge in [0.1, 0.15) is 5.75 Å². The fourth-order valence-electron chi connectivity index (χ4n) is 2.32. The third-order valence-corrected chi connectivity index (χ3v) is 3.79. The Morgan fingerprint density at radius 1 is 0.929 bits per heavy atom. The van der Waals surface area contributed by atoms with E-state index >= 15 is 0 Å². The first-order valence-electron chi connectivity index (χ1n) is 8.18. The highest BCUT2D eigenvalue weighted by atomic mass is 19.4. The van der Waals surface area contributed by atoms with Crippen molar-refractivity contribution in [1.29, 1.82) is 0 Å². The number of amides is 1. The Balaban J connectivity index is 2.10. The molecule has 2 aromatic carbocycles. The summed E-state index contributed by atoms with van der Waals surface area (Å²) in [7, 11) is 0. The second-order valence-corrected chi connectivity index (χ2v) is 6.36. The quantitative estimate of drug-likeness (QED) is 0.633. The maximum atomic E-state index is 12.8. The van der Waals surface area contributed by atoms with Crippen LogP contribution in [0.25, 0.3) is 0 Å². The van der Waals surface area contributed by atoms with E-state index in [9.17, 15) is 31.1 Å². The summed E-state index contributed by atoms with van der Waals surface area (Å²) in [6.45, 7) is 3.42. The van der Waals surface area contributed by atoms with Gasteiger partial charge in [0, 0.05) is 5.69 Å². The Morgan fingerprint density at radius 2 is 1.43 bits per heavy atom. The van der Waals surface area contributed by atoms with Crippen molar-refractivity contribution in [2.75, 3.05) is 11.9 Å². The standard InChI is InChI=1S/C19H17F6NO2/c1-11(2)12-3-5-16(6-4-12)28-10-17(27)26-15-8-13(18(20,21)22)7-14(9-15)19(23,24)25/h3-9,11H,10H2,1-2H3,(H,26,27). The van der Waals surface area contributed by atoms with Crippen LogP contribution in [0.3, 0.4) is 0 Å². The SMILES string of the molecule is CC(C)c1ccc(OCC(=O)Nc2cc(C(F)(F)F)cc(C(F)(F)F)c2)cc1. The minimum absolute atomic E-state index is 0.0115. The van der Waals surface area contributed by atoms with Crippen LogP contribution in [0.2, 0.25) is 0 Å². The van der Waals surface area contributed by atoms with Crippen molar-refractivity contribution in [3.63, 3.8) is 0 Å². The first-order chi connectivity index (χ1) is 12.9. The van der Waals surface area contributed by atoms with Crippen molar-refractivity contribution < 1.29 is 35.9 Å². The minimum Gasteiger partial charge on any atom is -0.484 e. The molecular formula is C19H17F6NO2. The van der Waals surface area contributed by atoms with E-state index in [-0.39, 0.29) is 6.07 Å². The molecule has 0 aromatic heterocycles. The summed E-state index contributed by atoms with van der Waals surface area (Å²) in [6, 6.07) is 7.68. The summed E-state index contributed by atoms with van der Waals surface area (Å²) in [6.07, 6.45) is -9.98. The van der Waals surface area contributed by atoms with Crippen LogP contribution in [0.4, 0.5) is 32.0 Å². The van der Waals surface area contributed by atoms with Gasteiger partial charge in [0.25, 0.3) is 5.91 Å². The maximum Gasteiger partial charge on any atom is 0.416 e. The Hall–Kier alpha value is -2.71. The predicted molar refractivity (Wildman–Crippen MR) is 91.1 cm³/mol. The zero-order chi connectivity index (χ0) is 21.1. The van der Waals surface area contributed by atoms with E-state index in [2.05, 4.69) is 0 Å². The monoisotopic (exact) mass is 405 g/mol. The molecule has 0 heterocycles. The lowest BCUT2D eigenvalue weighted by Gasteiger charge is -2.15. The van der Waals surface area contributed by atoms with Crippen LogP contribution in [0.1, 0.15) is 36.5 Å². The average Bonchev–Trinajstić information content (AvgIpc) is 2.58. The van der Waals surface area contributed by atoms with Gasteiger partial charge in [-0.3, -0.25) is 4.79 Å². The fourth-order valence-corrected chi connectivity index (χ4v) is 2.32. The molecule has 0 aliphatic heterocycles. The third-order valence-electron chi connectivity index (χ3n) is 3.79. The van der Waals surface area contributed by atoms with E-state index < -0.39 is 41.7 Å². The number of hydrogen-bond donors (Lipinski definition) is 1. The van der Waals surface area contributed by atoms with Gasteiger partial charge in [0.05, 0.1) is 11.1 Å². The van der Waals surface area contributed by atoms with Crippen molar-refractivity contribution in [2.45, 2.75) is 32.1 Å². The lowest BCUT2D eigenvalue weighted by Crippen LogP contribution is -2.21. The fraction of sp³-hybridized carbons (Fsp3) is 0.316. The van der Waals surface area contributed by atoms with Gasteiger partial charge >= 0.3 is 12.4 Å². The number of halogens is 6. The molecule has 2 rings (SSSR count). The highest BCUT2D eigenvalue weighted by Gasteiger charge is 2.37. The number of hydrogen-bond acceptors (Lipinski definition) is 2. The summed E-state index contributed by atoms with van der Waals surface area (Å²) in [4.78, 5) is 11.9. The highest BCUT2D eigenvalue weighted by molar-refractivity contribution is 5.92. The number of alkyl halides is 6. The number of rotatable bonds is 5. The van der Waals surface area contributed by atoms with Crippen LogP contribution in [0, 0.1) is 0 Å². The van der Waals surface area contributed by atoms with Crippen molar-refractivity contribution in [1.82, 2.24) is 0 Å². The molecular weight excluding hydrogens is 388 g/mol. The third kappa shape index (κ3) is 5.90. The zero-order valence-electron chi connectivity index (χ0n) is 14.9. The van der Waals surface area contributed by atoms with Crippen molar-refractivity contribution >= 4 is 11.6 Å².